The summed E-state index contributed by atoms with van der Waals surface area (Å²) >= 11 is 0. The standard InChI is InChI=1S/C16H22O7/c17-9-7-5-3-1-2-4-6-8-10-22-16-15(21)14(20)13(19)12(11-18)23-16/h5,7,12-21H,6,8-11H2. The van der Waals surface area contributed by atoms with E-state index in [1.807, 2.05) is 0 Å². The van der Waals surface area contributed by atoms with Crippen LogP contribution in [0.5, 0.6) is 0 Å². The number of allylic oxidation sites excluding steroid dienone is 1. The van der Waals surface area contributed by atoms with E-state index in [2.05, 4.69) is 23.7 Å². The molecule has 0 aromatic carbocycles. The van der Waals surface area contributed by atoms with Gasteiger partial charge in [-0.3, -0.25) is 0 Å². The van der Waals surface area contributed by atoms with E-state index >= 15 is 0 Å². The van der Waals surface area contributed by atoms with Crippen molar-refractivity contribution in [2.45, 2.75) is 43.5 Å². The SMILES string of the molecule is OCC=CC#CC#CCCCOC1OC(CO)C(O)C(O)C1O. The molecule has 0 aromatic heterocycles. The zero-order valence-electron chi connectivity index (χ0n) is 12.6. The van der Waals surface area contributed by atoms with Crippen LogP contribution < -0.4 is 0 Å². The Morgan fingerprint density at radius 2 is 1.83 bits per heavy atom. The van der Waals surface area contributed by atoms with Crippen LogP contribution in [-0.2, 0) is 9.47 Å². The Morgan fingerprint density at radius 3 is 2.52 bits per heavy atom. The van der Waals surface area contributed by atoms with Gasteiger partial charge in [0.25, 0.3) is 0 Å². The van der Waals surface area contributed by atoms with Crippen LogP contribution in [0.25, 0.3) is 0 Å². The molecule has 0 amide bonds. The summed E-state index contributed by atoms with van der Waals surface area (Å²) in [6.07, 6.45) is -2.19. The molecule has 5 unspecified atom stereocenters. The molecule has 0 aromatic rings. The number of unbranched alkanes of at least 4 members (excludes halogenated alkanes) is 1. The summed E-state index contributed by atoms with van der Waals surface area (Å²) in [5.41, 5.74) is 0. The molecule has 0 saturated carbocycles. The molecule has 1 rings (SSSR count). The predicted octanol–water partition coefficient (Wildman–Crippen LogP) is -1.86. The largest absolute Gasteiger partial charge is 0.394 e. The molecule has 0 aliphatic carbocycles. The lowest BCUT2D eigenvalue weighted by atomic mass is 9.99. The summed E-state index contributed by atoms with van der Waals surface area (Å²) in [4.78, 5) is 0. The van der Waals surface area contributed by atoms with E-state index in [0.717, 1.165) is 0 Å². The van der Waals surface area contributed by atoms with Gasteiger partial charge in [-0.15, -0.1) is 0 Å². The molecule has 0 bridgehead atoms. The van der Waals surface area contributed by atoms with E-state index in [4.69, 9.17) is 19.7 Å². The number of aliphatic hydroxyl groups is 5. The molecule has 1 fully saturated rings. The van der Waals surface area contributed by atoms with Crippen LogP contribution in [0, 0.1) is 23.7 Å². The molecule has 0 spiro atoms. The monoisotopic (exact) mass is 326 g/mol. The van der Waals surface area contributed by atoms with E-state index < -0.39 is 37.3 Å². The van der Waals surface area contributed by atoms with Gasteiger partial charge in [0.2, 0.25) is 0 Å². The highest BCUT2D eigenvalue weighted by molar-refractivity contribution is 5.30. The quantitative estimate of drug-likeness (QED) is 0.287. The van der Waals surface area contributed by atoms with Gasteiger partial charge in [-0.25, -0.2) is 0 Å². The van der Waals surface area contributed by atoms with Gasteiger partial charge in [-0.05, 0) is 24.3 Å². The lowest BCUT2D eigenvalue weighted by Crippen LogP contribution is -2.59. The maximum Gasteiger partial charge on any atom is 0.186 e. The van der Waals surface area contributed by atoms with Gasteiger partial charge < -0.3 is 35.0 Å². The zero-order valence-corrected chi connectivity index (χ0v) is 12.6. The Labute approximate surface area is 135 Å². The molecule has 0 radical (unpaired) electrons. The third-order valence-electron chi connectivity index (χ3n) is 3.11. The number of hydrogen-bond acceptors (Lipinski definition) is 7. The minimum absolute atomic E-state index is 0.0581. The fourth-order valence-corrected chi connectivity index (χ4v) is 1.86. The first-order valence-corrected chi connectivity index (χ1v) is 7.28. The van der Waals surface area contributed by atoms with Crippen LogP contribution in [0.1, 0.15) is 12.8 Å². The molecule has 23 heavy (non-hydrogen) atoms. The average Bonchev–Trinajstić information content (AvgIpc) is 2.56. The van der Waals surface area contributed by atoms with Crippen molar-refractivity contribution in [2.75, 3.05) is 19.8 Å². The first-order chi connectivity index (χ1) is 11.1. The summed E-state index contributed by atoms with van der Waals surface area (Å²) in [5, 5.41) is 46.5. The maximum atomic E-state index is 9.75. The van der Waals surface area contributed by atoms with E-state index in [1.165, 1.54) is 12.2 Å². The van der Waals surface area contributed by atoms with Crippen molar-refractivity contribution in [3.8, 4) is 23.7 Å². The van der Waals surface area contributed by atoms with Crippen molar-refractivity contribution in [1.29, 1.82) is 0 Å². The van der Waals surface area contributed by atoms with Crippen LogP contribution in [-0.4, -0.2) is 76.1 Å². The summed E-state index contributed by atoms with van der Waals surface area (Å²) in [7, 11) is 0. The Bertz CT molecular complexity index is 480. The van der Waals surface area contributed by atoms with Gasteiger partial charge in [0.1, 0.15) is 24.4 Å². The summed E-state index contributed by atoms with van der Waals surface area (Å²) in [6.45, 7) is -0.313. The van der Waals surface area contributed by atoms with E-state index in [-0.39, 0.29) is 13.2 Å². The molecule has 7 heteroatoms. The van der Waals surface area contributed by atoms with Crippen molar-refractivity contribution in [3.05, 3.63) is 12.2 Å². The van der Waals surface area contributed by atoms with Gasteiger partial charge in [0, 0.05) is 6.42 Å². The van der Waals surface area contributed by atoms with Crippen molar-refractivity contribution in [2.24, 2.45) is 0 Å². The highest BCUT2D eigenvalue weighted by Gasteiger charge is 2.43. The minimum atomic E-state index is -1.44. The maximum absolute atomic E-state index is 9.75. The third kappa shape index (κ3) is 6.69. The normalized spacial score (nSPS) is 30.4. The summed E-state index contributed by atoms with van der Waals surface area (Å²) in [5.74, 6) is 10.7. The average molecular weight is 326 g/mol. The van der Waals surface area contributed by atoms with Crippen molar-refractivity contribution >= 4 is 0 Å². The Morgan fingerprint density at radius 1 is 1.04 bits per heavy atom. The van der Waals surface area contributed by atoms with Crippen LogP contribution in [0.15, 0.2) is 12.2 Å². The van der Waals surface area contributed by atoms with Crippen LogP contribution in [0.2, 0.25) is 0 Å². The van der Waals surface area contributed by atoms with Gasteiger partial charge in [-0.1, -0.05) is 17.9 Å². The second-order valence-electron chi connectivity index (χ2n) is 4.83. The highest BCUT2D eigenvalue weighted by atomic mass is 16.7. The molecule has 1 aliphatic rings. The number of ether oxygens (including phenoxy) is 2. The van der Waals surface area contributed by atoms with Crippen LogP contribution in [0.3, 0.4) is 0 Å². The molecule has 1 aliphatic heterocycles. The Balaban J connectivity index is 2.28. The lowest BCUT2D eigenvalue weighted by Gasteiger charge is -2.39. The van der Waals surface area contributed by atoms with Crippen molar-refractivity contribution in [1.82, 2.24) is 0 Å². The number of rotatable bonds is 6. The van der Waals surface area contributed by atoms with Gasteiger partial charge >= 0.3 is 0 Å². The second kappa shape index (κ2) is 11.2. The van der Waals surface area contributed by atoms with Crippen LogP contribution >= 0.6 is 0 Å². The predicted molar refractivity (Wildman–Crippen MR) is 80.7 cm³/mol. The van der Waals surface area contributed by atoms with Crippen LogP contribution in [0.4, 0.5) is 0 Å². The molecule has 7 nitrogen and oxygen atoms in total. The fraction of sp³-hybridized carbons (Fsp3) is 0.625. The number of aliphatic hydroxyl groups excluding tert-OH is 5. The first kappa shape index (κ1) is 19.6. The molecule has 1 heterocycles. The lowest BCUT2D eigenvalue weighted by molar-refractivity contribution is -0.301. The molecule has 1 saturated heterocycles. The topological polar surface area (TPSA) is 120 Å². The van der Waals surface area contributed by atoms with E-state index in [9.17, 15) is 15.3 Å². The molecule has 5 atom stereocenters. The van der Waals surface area contributed by atoms with Gasteiger partial charge in [-0.2, -0.15) is 0 Å². The van der Waals surface area contributed by atoms with E-state index in [1.54, 1.807) is 0 Å². The minimum Gasteiger partial charge on any atom is -0.394 e. The first-order valence-electron chi connectivity index (χ1n) is 7.28. The van der Waals surface area contributed by atoms with E-state index in [0.29, 0.717) is 12.8 Å². The smallest absolute Gasteiger partial charge is 0.186 e. The fourth-order valence-electron chi connectivity index (χ4n) is 1.86. The van der Waals surface area contributed by atoms with Gasteiger partial charge in [0.05, 0.1) is 19.8 Å². The third-order valence-corrected chi connectivity index (χ3v) is 3.11. The Kier molecular flexibility index (Phi) is 9.53. The van der Waals surface area contributed by atoms with Gasteiger partial charge in [0.15, 0.2) is 6.29 Å². The molecular weight excluding hydrogens is 304 g/mol. The second-order valence-corrected chi connectivity index (χ2v) is 4.83. The summed E-state index contributed by atoms with van der Waals surface area (Å²) in [6, 6.07) is 0. The molecule has 5 N–H and O–H groups in total. The molecular formula is C16H22O7. The van der Waals surface area contributed by atoms with Crippen molar-refractivity contribution in [3.63, 3.8) is 0 Å². The van der Waals surface area contributed by atoms with Crippen molar-refractivity contribution < 1.29 is 35.0 Å². The number of hydrogen-bond donors (Lipinski definition) is 5. The highest BCUT2D eigenvalue weighted by Crippen LogP contribution is 2.21. The zero-order chi connectivity index (χ0) is 17.1. The Hall–Kier alpha value is -1.42. The summed E-state index contributed by atoms with van der Waals surface area (Å²) < 4.78 is 10.5. The molecule has 128 valence electrons.